The van der Waals surface area contributed by atoms with Crippen molar-refractivity contribution in [3.63, 3.8) is 0 Å². The normalized spacial score (nSPS) is 21.1. The molecule has 0 heterocycles. The number of ether oxygens (including phenoxy) is 1. The Balaban J connectivity index is 2.44. The summed E-state index contributed by atoms with van der Waals surface area (Å²) in [5.41, 5.74) is 1.02. The van der Waals surface area contributed by atoms with Crippen molar-refractivity contribution in [1.82, 2.24) is 5.32 Å². The number of rotatable bonds is 2. The lowest BCUT2D eigenvalue weighted by Crippen LogP contribution is -2.40. The van der Waals surface area contributed by atoms with Gasteiger partial charge in [0.25, 0.3) is 0 Å². The van der Waals surface area contributed by atoms with Gasteiger partial charge in [-0.2, -0.15) is 0 Å². The van der Waals surface area contributed by atoms with E-state index in [0.29, 0.717) is 5.92 Å². The van der Waals surface area contributed by atoms with Crippen LogP contribution in [-0.2, 0) is 4.74 Å². The van der Waals surface area contributed by atoms with Gasteiger partial charge in [0.1, 0.15) is 5.60 Å². The van der Waals surface area contributed by atoms with Crippen molar-refractivity contribution < 1.29 is 9.53 Å². The Bertz CT molecular complexity index is 300. The van der Waals surface area contributed by atoms with Crippen LogP contribution in [0.5, 0.6) is 0 Å². The topological polar surface area (TPSA) is 38.3 Å². The van der Waals surface area contributed by atoms with Crippen molar-refractivity contribution in [3.8, 4) is 0 Å². The summed E-state index contributed by atoms with van der Waals surface area (Å²) in [6, 6.07) is 0.229. The number of nitrogens with one attached hydrogen (secondary N) is 1. The predicted octanol–water partition coefficient (Wildman–Crippen LogP) is 3.65. The molecule has 1 N–H and O–H groups in total. The van der Waals surface area contributed by atoms with Crippen molar-refractivity contribution >= 4 is 6.09 Å². The Morgan fingerprint density at radius 3 is 2.65 bits per heavy atom. The van der Waals surface area contributed by atoms with E-state index in [2.05, 4.69) is 25.2 Å². The fourth-order valence-corrected chi connectivity index (χ4v) is 2.01. The molecule has 0 saturated carbocycles. The van der Waals surface area contributed by atoms with Crippen LogP contribution in [0.15, 0.2) is 11.6 Å². The van der Waals surface area contributed by atoms with Crippen LogP contribution in [0.2, 0.25) is 0 Å². The van der Waals surface area contributed by atoms with E-state index in [4.69, 9.17) is 4.74 Å². The molecule has 1 aliphatic carbocycles. The van der Waals surface area contributed by atoms with Crippen LogP contribution in [0.1, 0.15) is 53.9 Å². The van der Waals surface area contributed by atoms with Gasteiger partial charge in [0.15, 0.2) is 0 Å². The van der Waals surface area contributed by atoms with E-state index in [1.807, 2.05) is 20.8 Å². The Labute approximate surface area is 105 Å². The second kappa shape index (κ2) is 5.56. The Morgan fingerprint density at radius 1 is 1.47 bits per heavy atom. The minimum absolute atomic E-state index is 0.229. The quantitative estimate of drug-likeness (QED) is 0.747. The highest BCUT2D eigenvalue weighted by Gasteiger charge is 2.22. The zero-order valence-corrected chi connectivity index (χ0v) is 11.7. The summed E-state index contributed by atoms with van der Waals surface area (Å²) in [4.78, 5) is 11.7. The van der Waals surface area contributed by atoms with Gasteiger partial charge in [-0.25, -0.2) is 4.79 Å². The number of hydrogen-bond acceptors (Lipinski definition) is 2. The number of amides is 1. The van der Waals surface area contributed by atoms with E-state index in [-0.39, 0.29) is 12.1 Å². The van der Waals surface area contributed by atoms with E-state index in [1.165, 1.54) is 5.57 Å². The van der Waals surface area contributed by atoms with Crippen molar-refractivity contribution in [1.29, 1.82) is 0 Å². The third-order valence-electron chi connectivity index (χ3n) is 2.87. The van der Waals surface area contributed by atoms with Crippen LogP contribution in [0.4, 0.5) is 4.79 Å². The molecule has 0 aliphatic heterocycles. The lowest BCUT2D eigenvalue weighted by atomic mass is 9.88. The number of carbonyl (C=O) groups excluding carboxylic acids is 1. The molecule has 1 amide bonds. The second-order valence-electron chi connectivity index (χ2n) is 6.06. The van der Waals surface area contributed by atoms with Gasteiger partial charge in [-0.3, -0.25) is 0 Å². The minimum Gasteiger partial charge on any atom is -0.444 e. The van der Waals surface area contributed by atoms with E-state index < -0.39 is 5.60 Å². The highest BCUT2D eigenvalue weighted by Crippen LogP contribution is 2.24. The molecular weight excluding hydrogens is 214 g/mol. The zero-order chi connectivity index (χ0) is 13.1. The van der Waals surface area contributed by atoms with Gasteiger partial charge in [0.05, 0.1) is 0 Å². The molecular formula is C14H25NO2. The average Bonchev–Trinajstić information content (AvgIpc) is 2.14. The Kier molecular flexibility index (Phi) is 4.61. The Morgan fingerprint density at radius 2 is 2.12 bits per heavy atom. The maximum Gasteiger partial charge on any atom is 0.407 e. The smallest absolute Gasteiger partial charge is 0.407 e. The van der Waals surface area contributed by atoms with E-state index in [0.717, 1.165) is 19.3 Å². The molecule has 17 heavy (non-hydrogen) atoms. The van der Waals surface area contributed by atoms with E-state index in [9.17, 15) is 4.79 Å². The first-order valence-electron chi connectivity index (χ1n) is 6.46. The molecule has 1 rings (SSSR count). The summed E-state index contributed by atoms with van der Waals surface area (Å²) in [7, 11) is 0. The maximum absolute atomic E-state index is 11.7. The molecule has 98 valence electrons. The SMILES string of the molecule is CC(C)C1=CCCC(NC(=O)OC(C)(C)C)C1. The first kappa shape index (κ1) is 14.1. The minimum atomic E-state index is -0.421. The molecule has 0 bridgehead atoms. The van der Waals surface area contributed by atoms with Gasteiger partial charge in [-0.1, -0.05) is 25.5 Å². The van der Waals surface area contributed by atoms with Crippen LogP contribution in [-0.4, -0.2) is 17.7 Å². The molecule has 1 aliphatic rings. The summed E-state index contributed by atoms with van der Waals surface area (Å²) in [6.45, 7) is 10.0. The molecule has 0 saturated heterocycles. The Hall–Kier alpha value is -0.990. The van der Waals surface area contributed by atoms with E-state index in [1.54, 1.807) is 0 Å². The molecule has 0 radical (unpaired) electrons. The fourth-order valence-electron chi connectivity index (χ4n) is 2.01. The molecule has 0 aromatic carbocycles. The lowest BCUT2D eigenvalue weighted by Gasteiger charge is -2.27. The van der Waals surface area contributed by atoms with Gasteiger partial charge in [-0.15, -0.1) is 0 Å². The standard InChI is InChI=1S/C14H25NO2/c1-10(2)11-7-6-8-12(9-11)15-13(16)17-14(3,4)5/h7,10,12H,6,8-9H2,1-5H3,(H,15,16). The van der Waals surface area contributed by atoms with E-state index >= 15 is 0 Å². The van der Waals surface area contributed by atoms with Gasteiger partial charge in [0.2, 0.25) is 0 Å². The summed E-state index contributed by atoms with van der Waals surface area (Å²) in [6.07, 6.45) is 5.02. The fraction of sp³-hybridized carbons (Fsp3) is 0.786. The van der Waals surface area contributed by atoms with Crippen LogP contribution >= 0.6 is 0 Å². The van der Waals surface area contributed by atoms with Crippen LogP contribution < -0.4 is 5.32 Å². The number of hydrogen-bond donors (Lipinski definition) is 1. The van der Waals surface area contributed by atoms with Crippen molar-refractivity contribution in [2.24, 2.45) is 5.92 Å². The van der Waals surface area contributed by atoms with Crippen LogP contribution in [0.25, 0.3) is 0 Å². The van der Waals surface area contributed by atoms with Gasteiger partial charge < -0.3 is 10.1 Å². The van der Waals surface area contributed by atoms with Crippen LogP contribution in [0, 0.1) is 5.92 Å². The molecule has 0 aromatic rings. The summed E-state index contributed by atoms with van der Waals surface area (Å²) in [5.74, 6) is 0.568. The highest BCUT2D eigenvalue weighted by molar-refractivity contribution is 5.68. The number of alkyl carbamates (subject to hydrolysis) is 1. The average molecular weight is 239 g/mol. The first-order valence-corrected chi connectivity index (χ1v) is 6.46. The second-order valence-corrected chi connectivity index (χ2v) is 6.06. The molecule has 1 unspecified atom stereocenters. The van der Waals surface area contributed by atoms with Crippen molar-refractivity contribution in [2.45, 2.75) is 65.5 Å². The first-order chi connectivity index (χ1) is 7.78. The lowest BCUT2D eigenvalue weighted by molar-refractivity contribution is 0.0500. The molecule has 0 spiro atoms. The molecule has 3 nitrogen and oxygen atoms in total. The van der Waals surface area contributed by atoms with Gasteiger partial charge >= 0.3 is 6.09 Å². The molecule has 3 heteroatoms. The third kappa shape index (κ3) is 5.24. The van der Waals surface area contributed by atoms with Crippen molar-refractivity contribution in [3.05, 3.63) is 11.6 Å². The van der Waals surface area contributed by atoms with Crippen LogP contribution in [0.3, 0.4) is 0 Å². The van der Waals surface area contributed by atoms with Gasteiger partial charge in [-0.05, 0) is 46.0 Å². The summed E-state index contributed by atoms with van der Waals surface area (Å²) < 4.78 is 5.27. The molecule has 0 fully saturated rings. The predicted molar refractivity (Wildman–Crippen MR) is 69.9 cm³/mol. The maximum atomic E-state index is 11.7. The summed E-state index contributed by atoms with van der Waals surface area (Å²) in [5, 5.41) is 2.96. The number of allylic oxidation sites excluding steroid dienone is 1. The third-order valence-corrected chi connectivity index (χ3v) is 2.87. The van der Waals surface area contributed by atoms with Crippen molar-refractivity contribution in [2.75, 3.05) is 0 Å². The van der Waals surface area contributed by atoms with Gasteiger partial charge in [0, 0.05) is 6.04 Å². The monoisotopic (exact) mass is 239 g/mol. The zero-order valence-electron chi connectivity index (χ0n) is 11.7. The number of carbonyl (C=O) groups is 1. The largest absolute Gasteiger partial charge is 0.444 e. The summed E-state index contributed by atoms with van der Waals surface area (Å²) >= 11 is 0. The molecule has 0 aromatic heterocycles. The highest BCUT2D eigenvalue weighted by atomic mass is 16.6. The molecule has 1 atom stereocenters.